The van der Waals surface area contributed by atoms with Gasteiger partial charge in [0.25, 0.3) is 0 Å². The zero-order chi connectivity index (χ0) is 10.8. The summed E-state index contributed by atoms with van der Waals surface area (Å²) >= 11 is 3.35. The average Bonchev–Trinajstić information content (AvgIpc) is 2.21. The van der Waals surface area contributed by atoms with E-state index in [4.69, 9.17) is 5.73 Å². The molecule has 0 aliphatic heterocycles. The maximum absolute atomic E-state index is 12.4. The molecule has 1 aromatic rings. The molecule has 0 atom stereocenters. The number of benzene rings is 1. The van der Waals surface area contributed by atoms with Crippen molar-refractivity contribution in [2.45, 2.75) is 13.8 Å². The van der Waals surface area contributed by atoms with Crippen LogP contribution in [-0.4, -0.2) is 12.3 Å². The predicted octanol–water partition coefficient (Wildman–Crippen LogP) is 3.06. The van der Waals surface area contributed by atoms with Gasteiger partial charge in [0.15, 0.2) is 0 Å². The number of halogens is 1. The molecule has 1 aromatic carbocycles. The lowest BCUT2D eigenvalue weighted by Crippen LogP contribution is -2.09. The van der Waals surface area contributed by atoms with E-state index in [0.29, 0.717) is 18.0 Å². The summed E-state index contributed by atoms with van der Waals surface area (Å²) in [4.78, 5) is 0. The van der Waals surface area contributed by atoms with Crippen LogP contribution in [0.5, 0.6) is 0 Å². The lowest BCUT2D eigenvalue weighted by atomic mass is 10.3. The Morgan fingerprint density at radius 3 is 2.36 bits per heavy atom. The largest absolute Gasteiger partial charge is 0.398 e. The van der Waals surface area contributed by atoms with E-state index in [1.54, 1.807) is 6.07 Å². The van der Waals surface area contributed by atoms with Gasteiger partial charge in [-0.05, 0) is 34.1 Å². The third kappa shape index (κ3) is 2.21. The van der Waals surface area contributed by atoms with Gasteiger partial charge in [0.05, 0.1) is 0 Å². The van der Waals surface area contributed by atoms with Crippen molar-refractivity contribution in [3.63, 3.8) is 0 Å². The standard InChI is InChI=1S/C10H15BrNOP/c1-3-14(13,4-2)8-5-6-10(12)9(11)7-8/h5-7H,3-4,12H2,1-2H3. The van der Waals surface area contributed by atoms with E-state index < -0.39 is 7.14 Å². The van der Waals surface area contributed by atoms with E-state index in [0.717, 1.165) is 9.78 Å². The van der Waals surface area contributed by atoms with Crippen LogP contribution in [0.25, 0.3) is 0 Å². The molecule has 1 rings (SSSR count). The minimum atomic E-state index is -2.17. The molecule has 0 aromatic heterocycles. The number of anilines is 1. The third-order valence-electron chi connectivity index (χ3n) is 2.48. The van der Waals surface area contributed by atoms with Gasteiger partial charge < -0.3 is 10.3 Å². The van der Waals surface area contributed by atoms with Gasteiger partial charge in [-0.15, -0.1) is 0 Å². The van der Waals surface area contributed by atoms with E-state index in [9.17, 15) is 4.57 Å². The fourth-order valence-electron chi connectivity index (χ4n) is 1.36. The van der Waals surface area contributed by atoms with Crippen LogP contribution in [-0.2, 0) is 4.57 Å². The maximum Gasteiger partial charge on any atom is 0.115 e. The van der Waals surface area contributed by atoms with Crippen molar-refractivity contribution in [3.05, 3.63) is 22.7 Å². The molecule has 4 heteroatoms. The Balaban J connectivity index is 3.19. The van der Waals surface area contributed by atoms with Gasteiger partial charge in [-0.1, -0.05) is 13.8 Å². The molecule has 2 N–H and O–H groups in total. The van der Waals surface area contributed by atoms with Crippen LogP contribution in [0.4, 0.5) is 5.69 Å². The minimum Gasteiger partial charge on any atom is -0.398 e. The number of hydrogen-bond acceptors (Lipinski definition) is 2. The quantitative estimate of drug-likeness (QED) is 0.681. The molecule has 0 radical (unpaired) electrons. The van der Waals surface area contributed by atoms with Crippen molar-refractivity contribution >= 4 is 34.1 Å². The Bertz CT molecular complexity index is 370. The van der Waals surface area contributed by atoms with E-state index in [1.807, 2.05) is 26.0 Å². The highest BCUT2D eigenvalue weighted by atomic mass is 79.9. The molecule has 0 saturated heterocycles. The van der Waals surface area contributed by atoms with Gasteiger partial charge in [0.2, 0.25) is 0 Å². The van der Waals surface area contributed by atoms with Crippen molar-refractivity contribution < 1.29 is 4.57 Å². The highest BCUT2D eigenvalue weighted by Gasteiger charge is 2.20. The van der Waals surface area contributed by atoms with E-state index in [1.165, 1.54) is 0 Å². The molecule has 0 heterocycles. The van der Waals surface area contributed by atoms with Crippen LogP contribution in [0.3, 0.4) is 0 Å². The smallest absolute Gasteiger partial charge is 0.115 e. The van der Waals surface area contributed by atoms with Crippen LogP contribution >= 0.6 is 23.1 Å². The Morgan fingerprint density at radius 2 is 1.93 bits per heavy atom. The summed E-state index contributed by atoms with van der Waals surface area (Å²) < 4.78 is 13.2. The molecule has 0 spiro atoms. The van der Waals surface area contributed by atoms with Crippen molar-refractivity contribution in [1.29, 1.82) is 0 Å². The second-order valence-electron chi connectivity index (χ2n) is 3.23. The van der Waals surface area contributed by atoms with E-state index >= 15 is 0 Å². The summed E-state index contributed by atoms with van der Waals surface area (Å²) in [5, 5.41) is 0.920. The molecule has 0 saturated carbocycles. The average molecular weight is 276 g/mol. The molecule has 0 bridgehead atoms. The topological polar surface area (TPSA) is 43.1 Å². The summed E-state index contributed by atoms with van der Waals surface area (Å²) in [5.41, 5.74) is 6.37. The summed E-state index contributed by atoms with van der Waals surface area (Å²) in [6, 6.07) is 5.55. The first-order chi connectivity index (χ1) is 6.53. The van der Waals surface area contributed by atoms with Crippen molar-refractivity contribution in [1.82, 2.24) is 0 Å². The van der Waals surface area contributed by atoms with E-state index in [2.05, 4.69) is 15.9 Å². The molecule has 0 fully saturated rings. The minimum absolute atomic E-state index is 0.688. The zero-order valence-electron chi connectivity index (χ0n) is 8.46. The zero-order valence-corrected chi connectivity index (χ0v) is 10.9. The lowest BCUT2D eigenvalue weighted by molar-refractivity contribution is 0.582. The maximum atomic E-state index is 12.4. The first kappa shape index (κ1) is 11.8. The number of nitrogen functional groups attached to an aromatic ring is 1. The van der Waals surface area contributed by atoms with Crippen LogP contribution in [0, 0.1) is 0 Å². The third-order valence-corrected chi connectivity index (χ3v) is 6.43. The lowest BCUT2D eigenvalue weighted by Gasteiger charge is -2.15. The molecule has 0 unspecified atom stereocenters. The molecule has 2 nitrogen and oxygen atoms in total. The molecule has 0 aliphatic rings. The van der Waals surface area contributed by atoms with Crippen molar-refractivity contribution in [2.75, 3.05) is 18.1 Å². The Hall–Kier alpha value is -0.270. The van der Waals surface area contributed by atoms with Crippen LogP contribution < -0.4 is 11.0 Å². The van der Waals surface area contributed by atoms with Crippen molar-refractivity contribution in [2.24, 2.45) is 0 Å². The van der Waals surface area contributed by atoms with Crippen LogP contribution in [0.2, 0.25) is 0 Å². The molecular weight excluding hydrogens is 261 g/mol. The highest BCUT2D eigenvalue weighted by Crippen LogP contribution is 2.44. The van der Waals surface area contributed by atoms with Gasteiger partial charge in [-0.2, -0.15) is 0 Å². The monoisotopic (exact) mass is 275 g/mol. The fourth-order valence-corrected chi connectivity index (χ4v) is 3.80. The number of nitrogens with two attached hydrogens (primary N) is 1. The Labute approximate surface area is 93.4 Å². The number of hydrogen-bond donors (Lipinski definition) is 1. The van der Waals surface area contributed by atoms with Gasteiger partial charge in [-0.3, -0.25) is 0 Å². The molecule has 0 amide bonds. The molecular formula is C10H15BrNOP. The van der Waals surface area contributed by atoms with Gasteiger partial charge >= 0.3 is 0 Å². The van der Waals surface area contributed by atoms with Gasteiger partial charge in [-0.25, -0.2) is 0 Å². The summed E-state index contributed by atoms with van der Waals surface area (Å²) in [5.74, 6) is 0. The van der Waals surface area contributed by atoms with Gasteiger partial charge in [0.1, 0.15) is 7.14 Å². The second kappa shape index (κ2) is 4.50. The second-order valence-corrected chi connectivity index (χ2v) is 7.64. The normalized spacial score (nSPS) is 11.6. The molecule has 78 valence electrons. The summed E-state index contributed by atoms with van der Waals surface area (Å²) in [6.07, 6.45) is 1.42. The first-order valence-electron chi connectivity index (χ1n) is 4.67. The van der Waals surface area contributed by atoms with Crippen LogP contribution in [0.1, 0.15) is 13.8 Å². The Morgan fingerprint density at radius 1 is 1.36 bits per heavy atom. The van der Waals surface area contributed by atoms with Crippen LogP contribution in [0.15, 0.2) is 22.7 Å². The first-order valence-corrected chi connectivity index (χ1v) is 7.54. The molecule has 0 aliphatic carbocycles. The SMILES string of the molecule is CCP(=O)(CC)c1ccc(N)c(Br)c1. The summed E-state index contributed by atoms with van der Waals surface area (Å²) in [6.45, 7) is 3.93. The van der Waals surface area contributed by atoms with Gasteiger partial charge in [0, 0.05) is 27.8 Å². The fraction of sp³-hybridized carbons (Fsp3) is 0.400. The molecule has 14 heavy (non-hydrogen) atoms. The highest BCUT2D eigenvalue weighted by molar-refractivity contribution is 9.10. The number of rotatable bonds is 3. The Kier molecular flexibility index (Phi) is 3.79. The summed E-state index contributed by atoms with van der Waals surface area (Å²) in [7, 11) is -2.17. The predicted molar refractivity (Wildman–Crippen MR) is 66.9 cm³/mol. The van der Waals surface area contributed by atoms with Crippen molar-refractivity contribution in [3.8, 4) is 0 Å². The van der Waals surface area contributed by atoms with E-state index in [-0.39, 0.29) is 0 Å².